The molecule has 0 unspecified atom stereocenters. The Morgan fingerprint density at radius 1 is 0.833 bits per heavy atom. The van der Waals surface area contributed by atoms with E-state index in [1.54, 1.807) is 0 Å². The Labute approximate surface area is 176 Å². The molecule has 0 radical (unpaired) electrons. The van der Waals surface area contributed by atoms with Crippen molar-refractivity contribution in [2.45, 2.75) is 26.4 Å². The Kier molecular flexibility index (Phi) is 6.04. The number of esters is 1. The van der Waals surface area contributed by atoms with Gasteiger partial charge in [0, 0.05) is 12.3 Å². The average Bonchev–Trinajstić information content (AvgIpc) is 2.77. The molecule has 0 bridgehead atoms. The molecule has 3 aromatic carbocycles. The number of hydrogen-bond acceptors (Lipinski definition) is 4. The molecule has 150 valence electrons. The van der Waals surface area contributed by atoms with Gasteiger partial charge in [-0.1, -0.05) is 54.6 Å². The minimum atomic E-state index is -0.301. The molecule has 0 aliphatic rings. The Morgan fingerprint density at radius 2 is 1.60 bits per heavy atom. The molecule has 0 amide bonds. The van der Waals surface area contributed by atoms with Crippen LogP contribution < -0.4 is 9.47 Å². The molecule has 4 aromatic rings. The van der Waals surface area contributed by atoms with Gasteiger partial charge in [-0.3, -0.25) is 4.79 Å². The maximum atomic E-state index is 11.3. The third-order valence-electron chi connectivity index (χ3n) is 4.88. The summed E-state index contributed by atoms with van der Waals surface area (Å²) in [6.07, 6.45) is 1.65. The summed E-state index contributed by atoms with van der Waals surface area (Å²) >= 11 is 0. The van der Waals surface area contributed by atoms with Crippen molar-refractivity contribution in [1.82, 2.24) is 4.98 Å². The first-order valence-corrected chi connectivity index (χ1v) is 10.00. The smallest absolute Gasteiger partial charge is 0.308 e. The number of hydrogen-bond donors (Lipinski definition) is 0. The average molecular weight is 397 g/mol. The molecule has 0 aliphatic heterocycles. The molecule has 1 aromatic heterocycles. The van der Waals surface area contributed by atoms with E-state index in [-0.39, 0.29) is 5.97 Å². The molecule has 0 fully saturated rings. The number of carbonyl (C=O) groups is 1. The second kappa shape index (κ2) is 9.23. The van der Waals surface area contributed by atoms with Crippen LogP contribution in [0.5, 0.6) is 11.5 Å². The number of carbonyl (C=O) groups excluding carboxylic acids is 1. The first-order chi connectivity index (χ1) is 14.7. The molecule has 4 heteroatoms. The molecule has 30 heavy (non-hydrogen) atoms. The van der Waals surface area contributed by atoms with Gasteiger partial charge < -0.3 is 9.47 Å². The van der Waals surface area contributed by atoms with Crippen molar-refractivity contribution in [3.05, 3.63) is 102 Å². The number of nitrogens with zero attached hydrogens (tertiary/aromatic N) is 1. The molecule has 0 atom stereocenters. The predicted molar refractivity (Wildman–Crippen MR) is 118 cm³/mol. The molecule has 0 aliphatic carbocycles. The fourth-order valence-corrected chi connectivity index (χ4v) is 3.34. The van der Waals surface area contributed by atoms with Crippen LogP contribution in [0.25, 0.3) is 10.9 Å². The third-order valence-corrected chi connectivity index (χ3v) is 4.88. The van der Waals surface area contributed by atoms with E-state index in [1.807, 2.05) is 60.7 Å². The lowest BCUT2D eigenvalue weighted by Crippen LogP contribution is -2.04. The summed E-state index contributed by atoms with van der Waals surface area (Å²) in [4.78, 5) is 15.9. The van der Waals surface area contributed by atoms with Crippen molar-refractivity contribution in [3.8, 4) is 11.5 Å². The Hall–Kier alpha value is -3.66. The van der Waals surface area contributed by atoms with Crippen LogP contribution in [0, 0.1) is 0 Å². The zero-order chi connectivity index (χ0) is 20.8. The molecule has 4 nitrogen and oxygen atoms in total. The van der Waals surface area contributed by atoms with Crippen LogP contribution in [-0.2, 0) is 24.2 Å². The number of benzene rings is 3. The Balaban J connectivity index is 1.34. The summed E-state index contributed by atoms with van der Waals surface area (Å²) in [5, 5.41) is 1.13. The summed E-state index contributed by atoms with van der Waals surface area (Å²) in [5.41, 5.74) is 4.10. The number of pyridine rings is 1. The number of aryl methyl sites for hydroxylation is 2. The molecule has 0 saturated carbocycles. The number of fused-ring (bicyclic) bond motifs is 1. The highest BCUT2D eigenvalue weighted by atomic mass is 16.5. The van der Waals surface area contributed by atoms with Crippen LogP contribution in [-0.4, -0.2) is 11.0 Å². The van der Waals surface area contributed by atoms with Gasteiger partial charge in [0.1, 0.15) is 18.1 Å². The van der Waals surface area contributed by atoms with Gasteiger partial charge in [0.25, 0.3) is 0 Å². The van der Waals surface area contributed by atoms with Crippen LogP contribution in [0.1, 0.15) is 23.7 Å². The Bertz CT molecular complexity index is 1150. The van der Waals surface area contributed by atoms with E-state index in [1.165, 1.54) is 12.5 Å². The van der Waals surface area contributed by atoms with Gasteiger partial charge in [0.05, 0.1) is 11.2 Å². The molecule has 1 heterocycles. The zero-order valence-corrected chi connectivity index (χ0v) is 16.9. The summed E-state index contributed by atoms with van der Waals surface area (Å²) in [6, 6.07) is 27.9. The quantitative estimate of drug-likeness (QED) is 0.304. The van der Waals surface area contributed by atoms with E-state index in [9.17, 15) is 4.79 Å². The van der Waals surface area contributed by atoms with Crippen molar-refractivity contribution in [2.75, 3.05) is 0 Å². The maximum absolute atomic E-state index is 11.3. The lowest BCUT2D eigenvalue weighted by atomic mass is 10.0. The van der Waals surface area contributed by atoms with E-state index in [2.05, 4.69) is 29.2 Å². The normalized spacial score (nSPS) is 10.7. The second-order valence-corrected chi connectivity index (χ2v) is 7.13. The zero-order valence-electron chi connectivity index (χ0n) is 16.9. The van der Waals surface area contributed by atoms with Gasteiger partial charge in [-0.2, -0.15) is 0 Å². The summed E-state index contributed by atoms with van der Waals surface area (Å²) in [7, 11) is 0. The molecular weight excluding hydrogens is 374 g/mol. The van der Waals surface area contributed by atoms with E-state index in [0.717, 1.165) is 40.8 Å². The summed E-state index contributed by atoms with van der Waals surface area (Å²) in [6.45, 7) is 1.85. The van der Waals surface area contributed by atoms with Crippen molar-refractivity contribution in [3.63, 3.8) is 0 Å². The lowest BCUT2D eigenvalue weighted by molar-refractivity contribution is -0.131. The molecular formula is C26H23NO3. The van der Waals surface area contributed by atoms with E-state index in [0.29, 0.717) is 12.4 Å². The highest BCUT2D eigenvalue weighted by molar-refractivity contribution is 5.78. The van der Waals surface area contributed by atoms with Gasteiger partial charge in [-0.15, -0.1) is 0 Å². The van der Waals surface area contributed by atoms with Gasteiger partial charge >= 0.3 is 5.97 Å². The van der Waals surface area contributed by atoms with Crippen LogP contribution in [0.2, 0.25) is 0 Å². The standard InChI is InChI=1S/C26H23NO3/c1-19(28)30-26-9-5-3-7-22(26)13-10-20-11-16-24(17-12-20)29-18-23-15-14-21-6-2-4-8-25(21)27-23/h2-9,11-12,14-17H,10,13,18H2,1H3. The number of aromatic nitrogens is 1. The second-order valence-electron chi connectivity index (χ2n) is 7.13. The monoisotopic (exact) mass is 397 g/mol. The predicted octanol–water partition coefficient (Wildman–Crippen LogP) is 5.52. The first-order valence-electron chi connectivity index (χ1n) is 10.00. The minimum absolute atomic E-state index is 0.301. The van der Waals surface area contributed by atoms with Crippen molar-refractivity contribution in [2.24, 2.45) is 0 Å². The van der Waals surface area contributed by atoms with Crippen LogP contribution >= 0.6 is 0 Å². The van der Waals surface area contributed by atoms with Crippen LogP contribution in [0.15, 0.2) is 84.9 Å². The van der Waals surface area contributed by atoms with Gasteiger partial charge in [-0.05, 0) is 54.3 Å². The van der Waals surface area contributed by atoms with E-state index >= 15 is 0 Å². The highest BCUT2D eigenvalue weighted by Gasteiger charge is 2.06. The van der Waals surface area contributed by atoms with E-state index in [4.69, 9.17) is 9.47 Å². The molecule has 4 rings (SSSR count). The third kappa shape index (κ3) is 5.03. The van der Waals surface area contributed by atoms with Gasteiger partial charge in [0.2, 0.25) is 0 Å². The van der Waals surface area contributed by atoms with E-state index < -0.39 is 0 Å². The van der Waals surface area contributed by atoms with Crippen molar-refractivity contribution < 1.29 is 14.3 Å². The minimum Gasteiger partial charge on any atom is -0.487 e. The number of rotatable bonds is 7. The van der Waals surface area contributed by atoms with Crippen molar-refractivity contribution >= 4 is 16.9 Å². The van der Waals surface area contributed by atoms with Gasteiger partial charge in [0.15, 0.2) is 0 Å². The Morgan fingerprint density at radius 3 is 2.43 bits per heavy atom. The topological polar surface area (TPSA) is 48.4 Å². The summed E-state index contributed by atoms with van der Waals surface area (Å²) in [5.74, 6) is 1.15. The van der Waals surface area contributed by atoms with Gasteiger partial charge in [-0.25, -0.2) is 4.98 Å². The maximum Gasteiger partial charge on any atom is 0.308 e. The number of ether oxygens (including phenoxy) is 2. The summed E-state index contributed by atoms with van der Waals surface area (Å²) < 4.78 is 11.2. The first kappa shape index (κ1) is 19.6. The SMILES string of the molecule is CC(=O)Oc1ccccc1CCc1ccc(OCc2ccc3ccccc3n2)cc1. The highest BCUT2D eigenvalue weighted by Crippen LogP contribution is 2.21. The van der Waals surface area contributed by atoms with Crippen LogP contribution in [0.4, 0.5) is 0 Å². The molecule has 0 spiro atoms. The molecule has 0 N–H and O–H groups in total. The van der Waals surface area contributed by atoms with Crippen molar-refractivity contribution in [1.29, 1.82) is 0 Å². The fraction of sp³-hybridized carbons (Fsp3) is 0.154. The fourth-order valence-electron chi connectivity index (χ4n) is 3.34. The largest absolute Gasteiger partial charge is 0.487 e. The molecule has 0 saturated heterocycles. The number of para-hydroxylation sites is 2. The van der Waals surface area contributed by atoms with Crippen LogP contribution in [0.3, 0.4) is 0 Å². The lowest BCUT2D eigenvalue weighted by Gasteiger charge is -2.10.